The third-order valence-corrected chi connectivity index (χ3v) is 15.1. The molecule has 0 unspecified atom stereocenters. The second-order valence-corrected chi connectivity index (χ2v) is 16.1. The molecule has 46 heavy (non-hydrogen) atoms. The van der Waals surface area contributed by atoms with Crippen molar-refractivity contribution in [2.45, 2.75) is 0 Å². The molecule has 8 aromatic rings. The van der Waals surface area contributed by atoms with E-state index in [1.54, 1.807) is 0 Å². The molecular weight excluding hydrogens is 573 g/mol. The zero-order valence-electron chi connectivity index (χ0n) is 25.1. The molecule has 0 saturated heterocycles. The first-order chi connectivity index (χ1) is 22.8. The number of nitrogens with zero attached hydrogens (tertiary/aromatic N) is 1. The first-order valence-corrected chi connectivity index (χ1v) is 18.0. The van der Waals surface area contributed by atoms with Gasteiger partial charge in [0.05, 0.1) is 11.0 Å². The maximum atomic E-state index is 6.98. The quantitative estimate of drug-likeness (QED) is 0.257. The van der Waals surface area contributed by atoms with Crippen molar-refractivity contribution in [2.24, 2.45) is 0 Å². The summed E-state index contributed by atoms with van der Waals surface area (Å²) in [4.78, 5) is 0. The van der Waals surface area contributed by atoms with Gasteiger partial charge >= 0.3 is 0 Å². The fourth-order valence-electron chi connectivity index (χ4n) is 8.44. The Kier molecular flexibility index (Phi) is 5.43. The lowest BCUT2D eigenvalue weighted by Gasteiger charge is -2.45. The Hall–Kier alpha value is -5.58. The summed E-state index contributed by atoms with van der Waals surface area (Å²) in [6.45, 7) is 0.0893. The van der Waals surface area contributed by atoms with Gasteiger partial charge in [-0.25, -0.2) is 0 Å². The van der Waals surface area contributed by atoms with Gasteiger partial charge in [-0.1, -0.05) is 145 Å². The molecule has 3 heterocycles. The summed E-state index contributed by atoms with van der Waals surface area (Å²) >= 11 is 0. The highest BCUT2D eigenvalue weighted by atomic mass is 28.3. The zero-order valence-corrected chi connectivity index (χ0v) is 26.1. The number of ether oxygens (including phenoxy) is 1. The standard InChI is InChI=1S/C42H28BNOSi/c1-3-15-30(16-4-1)46(31-17-5-2-6-18-31)40-26-14-10-22-35(40)43-34-21-9-13-25-38(34)45-39-27-29(28-41(46)42(39)43)44-36-23-11-7-19-32(36)33-20-8-12-24-37(33)44/h1-28H. The van der Waals surface area contributed by atoms with E-state index in [-0.39, 0.29) is 6.71 Å². The number of fused-ring (bicyclic) bond motifs is 7. The maximum absolute atomic E-state index is 6.98. The zero-order chi connectivity index (χ0) is 30.2. The highest BCUT2D eigenvalue weighted by Crippen LogP contribution is 2.34. The normalized spacial score (nSPS) is 14.0. The predicted octanol–water partition coefficient (Wildman–Crippen LogP) is 5.10. The van der Waals surface area contributed by atoms with Crippen LogP contribution in [0, 0.1) is 0 Å². The molecule has 4 heteroatoms. The summed E-state index contributed by atoms with van der Waals surface area (Å²) in [6.07, 6.45) is 0. The van der Waals surface area contributed by atoms with E-state index in [1.807, 2.05) is 0 Å². The third kappa shape index (κ3) is 3.37. The van der Waals surface area contributed by atoms with Gasteiger partial charge in [0.15, 0.2) is 8.07 Å². The third-order valence-electron chi connectivity index (χ3n) is 10.2. The van der Waals surface area contributed by atoms with Gasteiger partial charge in [-0.3, -0.25) is 0 Å². The maximum Gasteiger partial charge on any atom is 0.250 e. The van der Waals surface area contributed by atoms with Gasteiger partial charge in [0.2, 0.25) is 0 Å². The summed E-state index contributed by atoms with van der Waals surface area (Å²) in [5, 5.41) is 8.13. The molecule has 7 aromatic carbocycles. The van der Waals surface area contributed by atoms with E-state index in [2.05, 4.69) is 174 Å². The first-order valence-electron chi connectivity index (χ1n) is 16.0. The fraction of sp³-hybridized carbons (Fsp3) is 0. The summed E-state index contributed by atoms with van der Waals surface area (Å²) in [6, 6.07) is 62.7. The Morgan fingerprint density at radius 2 is 1.00 bits per heavy atom. The highest BCUT2D eigenvalue weighted by molar-refractivity contribution is 7.26. The lowest BCUT2D eigenvalue weighted by Crippen LogP contribution is -2.87. The van der Waals surface area contributed by atoms with Crippen LogP contribution in [0.3, 0.4) is 0 Å². The van der Waals surface area contributed by atoms with Crippen LogP contribution < -0.4 is 41.9 Å². The number of rotatable bonds is 3. The van der Waals surface area contributed by atoms with Crippen molar-refractivity contribution in [1.29, 1.82) is 0 Å². The van der Waals surface area contributed by atoms with Crippen molar-refractivity contribution in [2.75, 3.05) is 0 Å². The van der Waals surface area contributed by atoms with Gasteiger partial charge in [0, 0.05) is 22.5 Å². The van der Waals surface area contributed by atoms with Crippen molar-refractivity contribution in [1.82, 2.24) is 4.57 Å². The van der Waals surface area contributed by atoms with Gasteiger partial charge < -0.3 is 9.30 Å². The molecule has 0 spiro atoms. The molecule has 0 atom stereocenters. The second-order valence-electron chi connectivity index (χ2n) is 12.4. The van der Waals surface area contributed by atoms with Crippen LogP contribution in [-0.2, 0) is 0 Å². The van der Waals surface area contributed by atoms with Gasteiger partial charge in [0.1, 0.15) is 11.5 Å². The molecular formula is C42H28BNOSi. The monoisotopic (exact) mass is 601 g/mol. The Labute approximate surface area is 269 Å². The van der Waals surface area contributed by atoms with Crippen LogP contribution in [0.25, 0.3) is 27.5 Å². The van der Waals surface area contributed by atoms with Gasteiger partial charge in [-0.15, -0.1) is 0 Å². The van der Waals surface area contributed by atoms with Crippen LogP contribution in [0.15, 0.2) is 170 Å². The number of hydrogen-bond acceptors (Lipinski definition) is 1. The smallest absolute Gasteiger partial charge is 0.250 e. The Morgan fingerprint density at radius 1 is 0.457 bits per heavy atom. The van der Waals surface area contributed by atoms with E-state index in [0.29, 0.717) is 0 Å². The number of benzene rings is 7. The van der Waals surface area contributed by atoms with Crippen molar-refractivity contribution in [3.8, 4) is 17.2 Å². The van der Waals surface area contributed by atoms with Crippen LogP contribution in [0.4, 0.5) is 0 Å². The van der Waals surface area contributed by atoms with Crippen molar-refractivity contribution >= 4 is 73.7 Å². The lowest BCUT2D eigenvalue weighted by molar-refractivity contribution is 0.487. The van der Waals surface area contributed by atoms with Crippen LogP contribution in [0.1, 0.15) is 0 Å². The average Bonchev–Trinajstić information content (AvgIpc) is 3.47. The van der Waals surface area contributed by atoms with E-state index in [4.69, 9.17) is 4.74 Å². The molecule has 2 nitrogen and oxygen atoms in total. The topological polar surface area (TPSA) is 14.2 Å². The Balaban J connectivity index is 1.41. The molecule has 0 amide bonds. The molecule has 0 radical (unpaired) electrons. The van der Waals surface area contributed by atoms with E-state index < -0.39 is 8.07 Å². The average molecular weight is 602 g/mol. The molecule has 214 valence electrons. The van der Waals surface area contributed by atoms with Crippen molar-refractivity contribution in [3.05, 3.63) is 170 Å². The van der Waals surface area contributed by atoms with Crippen molar-refractivity contribution in [3.63, 3.8) is 0 Å². The summed E-state index contributed by atoms with van der Waals surface area (Å²) < 4.78 is 9.42. The van der Waals surface area contributed by atoms with Crippen LogP contribution in [-0.4, -0.2) is 19.4 Å². The largest absolute Gasteiger partial charge is 0.458 e. The molecule has 0 saturated carbocycles. The molecule has 0 aliphatic carbocycles. The first kappa shape index (κ1) is 25.7. The minimum atomic E-state index is -2.83. The number of hydrogen-bond donors (Lipinski definition) is 0. The molecule has 2 aliphatic heterocycles. The minimum Gasteiger partial charge on any atom is -0.458 e. The molecule has 0 bridgehead atoms. The van der Waals surface area contributed by atoms with Gasteiger partial charge in [-0.05, 0) is 55.9 Å². The Bertz CT molecular complexity index is 2380. The minimum absolute atomic E-state index is 0.0893. The summed E-state index contributed by atoms with van der Waals surface area (Å²) in [5.41, 5.74) is 7.46. The molecule has 2 aliphatic rings. The molecule has 0 fully saturated rings. The summed E-state index contributed by atoms with van der Waals surface area (Å²) in [7, 11) is -2.83. The van der Waals surface area contributed by atoms with E-state index in [1.165, 1.54) is 58.9 Å². The predicted molar refractivity (Wildman–Crippen MR) is 196 cm³/mol. The van der Waals surface area contributed by atoms with E-state index in [9.17, 15) is 0 Å². The molecule has 10 rings (SSSR count). The second kappa shape index (κ2) is 9.71. The van der Waals surface area contributed by atoms with Crippen LogP contribution in [0.5, 0.6) is 11.5 Å². The molecule has 0 N–H and O–H groups in total. The SMILES string of the molecule is c1ccc([Si]2(c3ccccc3)c3ccccc3B3c4ccccc4Oc4cc(-n5c6ccccc6c6ccccc65)cc2c43)cc1. The van der Waals surface area contributed by atoms with Gasteiger partial charge in [0.25, 0.3) is 6.71 Å². The number of aromatic nitrogens is 1. The van der Waals surface area contributed by atoms with Crippen molar-refractivity contribution < 1.29 is 4.74 Å². The van der Waals surface area contributed by atoms with Gasteiger partial charge in [-0.2, -0.15) is 0 Å². The van der Waals surface area contributed by atoms with E-state index in [0.717, 1.165) is 17.2 Å². The Morgan fingerprint density at radius 3 is 1.67 bits per heavy atom. The fourth-order valence-corrected chi connectivity index (χ4v) is 13.7. The molecule has 1 aromatic heterocycles. The lowest BCUT2D eigenvalue weighted by atomic mass is 9.35. The summed E-state index contributed by atoms with van der Waals surface area (Å²) in [5.74, 6) is 1.89. The van der Waals surface area contributed by atoms with Crippen LogP contribution in [0.2, 0.25) is 0 Å². The highest BCUT2D eigenvalue weighted by Gasteiger charge is 2.52. The number of para-hydroxylation sites is 3. The van der Waals surface area contributed by atoms with E-state index >= 15 is 0 Å². The van der Waals surface area contributed by atoms with Crippen LogP contribution >= 0.6 is 0 Å².